The summed E-state index contributed by atoms with van der Waals surface area (Å²) in [5.41, 5.74) is 2.58. The second-order valence-corrected chi connectivity index (χ2v) is 7.15. The summed E-state index contributed by atoms with van der Waals surface area (Å²) < 4.78 is 13.3. The number of benzene rings is 1. The van der Waals surface area contributed by atoms with E-state index in [2.05, 4.69) is 19.2 Å². The minimum Gasteiger partial charge on any atom is -0.315 e. The Morgan fingerprint density at radius 3 is 2.52 bits per heavy atom. The van der Waals surface area contributed by atoms with Crippen LogP contribution in [0.25, 0.3) is 0 Å². The lowest BCUT2D eigenvalue weighted by atomic mass is 9.77. The van der Waals surface area contributed by atoms with Crippen molar-refractivity contribution < 1.29 is 4.39 Å². The van der Waals surface area contributed by atoms with Crippen LogP contribution in [-0.4, -0.2) is 12.6 Å². The highest BCUT2D eigenvalue weighted by atomic mass is 19.1. The minimum absolute atomic E-state index is 0.0875. The average Bonchev–Trinajstić information content (AvgIpc) is 2.89. The van der Waals surface area contributed by atoms with Gasteiger partial charge in [-0.2, -0.15) is 0 Å². The van der Waals surface area contributed by atoms with Gasteiger partial charge < -0.3 is 5.32 Å². The van der Waals surface area contributed by atoms with Gasteiger partial charge in [0.1, 0.15) is 5.82 Å². The minimum atomic E-state index is -0.0875. The third-order valence-electron chi connectivity index (χ3n) is 5.04. The van der Waals surface area contributed by atoms with Gasteiger partial charge in [0.2, 0.25) is 0 Å². The van der Waals surface area contributed by atoms with Crippen LogP contribution in [0.4, 0.5) is 4.39 Å². The van der Waals surface area contributed by atoms with Crippen LogP contribution in [0.2, 0.25) is 0 Å². The maximum atomic E-state index is 13.3. The van der Waals surface area contributed by atoms with Crippen LogP contribution in [0.3, 0.4) is 0 Å². The van der Waals surface area contributed by atoms with Crippen molar-refractivity contribution in [2.45, 2.75) is 71.8 Å². The maximum Gasteiger partial charge on any atom is 0.126 e. The molecule has 1 fully saturated rings. The summed E-state index contributed by atoms with van der Waals surface area (Å²) >= 11 is 0. The fourth-order valence-corrected chi connectivity index (χ4v) is 3.65. The van der Waals surface area contributed by atoms with Gasteiger partial charge in [0.15, 0.2) is 0 Å². The summed E-state index contributed by atoms with van der Waals surface area (Å²) in [5, 5.41) is 3.56. The van der Waals surface area contributed by atoms with Gasteiger partial charge in [-0.1, -0.05) is 38.8 Å². The van der Waals surface area contributed by atoms with Crippen molar-refractivity contribution in [2.75, 3.05) is 6.54 Å². The van der Waals surface area contributed by atoms with Crippen LogP contribution in [0.1, 0.15) is 63.5 Å². The molecule has 0 radical (unpaired) electrons. The molecule has 0 heterocycles. The summed E-state index contributed by atoms with van der Waals surface area (Å²) in [6.45, 7) is 7.40. The largest absolute Gasteiger partial charge is 0.315 e. The zero-order valence-corrected chi connectivity index (χ0v) is 13.8. The van der Waals surface area contributed by atoms with Crippen molar-refractivity contribution in [3.05, 3.63) is 35.1 Å². The number of hydrogen-bond acceptors (Lipinski definition) is 1. The fraction of sp³-hybridized carbons (Fsp3) is 0.684. The second-order valence-electron chi connectivity index (χ2n) is 7.15. The Hall–Kier alpha value is -0.890. The SMILES string of the molecule is Cc1cc(CCC2(CCNC(C)C)CCCC2)ccc1F. The number of hydrogen-bond donors (Lipinski definition) is 1. The number of aryl methyl sites for hydroxylation is 2. The average molecular weight is 291 g/mol. The molecule has 1 aromatic rings. The number of nitrogens with one attached hydrogen (secondary N) is 1. The lowest BCUT2D eigenvalue weighted by Gasteiger charge is -2.30. The fourth-order valence-electron chi connectivity index (χ4n) is 3.65. The van der Waals surface area contributed by atoms with Crippen LogP contribution in [-0.2, 0) is 6.42 Å². The molecule has 1 aliphatic carbocycles. The lowest BCUT2D eigenvalue weighted by Crippen LogP contribution is -2.29. The van der Waals surface area contributed by atoms with Crippen LogP contribution < -0.4 is 5.32 Å². The van der Waals surface area contributed by atoms with Crippen molar-refractivity contribution in [1.29, 1.82) is 0 Å². The molecule has 0 saturated heterocycles. The molecule has 1 aromatic carbocycles. The monoisotopic (exact) mass is 291 g/mol. The van der Waals surface area contributed by atoms with Gasteiger partial charge in [-0.15, -0.1) is 0 Å². The van der Waals surface area contributed by atoms with E-state index in [1.807, 2.05) is 19.1 Å². The highest BCUT2D eigenvalue weighted by molar-refractivity contribution is 5.24. The lowest BCUT2D eigenvalue weighted by molar-refractivity contribution is 0.242. The molecule has 0 atom stereocenters. The van der Waals surface area contributed by atoms with E-state index in [-0.39, 0.29) is 5.82 Å². The van der Waals surface area contributed by atoms with E-state index in [0.717, 1.165) is 18.5 Å². The highest BCUT2D eigenvalue weighted by Crippen LogP contribution is 2.44. The maximum absolute atomic E-state index is 13.3. The first-order chi connectivity index (χ1) is 10.0. The van der Waals surface area contributed by atoms with E-state index >= 15 is 0 Å². The standard InChI is InChI=1S/C19H30FN/c1-15(2)21-13-12-19(9-4-5-10-19)11-8-17-6-7-18(20)16(3)14-17/h6-7,14-15,21H,4-5,8-13H2,1-3H3. The van der Waals surface area contributed by atoms with Gasteiger partial charge >= 0.3 is 0 Å². The Morgan fingerprint density at radius 1 is 1.19 bits per heavy atom. The van der Waals surface area contributed by atoms with Crippen molar-refractivity contribution in [2.24, 2.45) is 5.41 Å². The van der Waals surface area contributed by atoms with Gasteiger partial charge in [0.25, 0.3) is 0 Å². The third kappa shape index (κ3) is 4.81. The van der Waals surface area contributed by atoms with Gasteiger partial charge in [-0.05, 0) is 68.2 Å². The first kappa shape index (κ1) is 16.5. The molecular formula is C19H30FN. The molecule has 1 nitrogen and oxygen atoms in total. The molecule has 2 rings (SSSR count). The molecule has 0 bridgehead atoms. The summed E-state index contributed by atoms with van der Waals surface area (Å²) in [4.78, 5) is 0. The summed E-state index contributed by atoms with van der Waals surface area (Å²) in [7, 11) is 0. The molecule has 2 heteroatoms. The van der Waals surface area contributed by atoms with Gasteiger partial charge in [0.05, 0.1) is 0 Å². The molecule has 1 N–H and O–H groups in total. The molecule has 21 heavy (non-hydrogen) atoms. The molecule has 1 aliphatic rings. The Balaban J connectivity index is 1.91. The summed E-state index contributed by atoms with van der Waals surface area (Å²) in [5.74, 6) is -0.0875. The van der Waals surface area contributed by atoms with Crippen LogP contribution in [0.15, 0.2) is 18.2 Å². The predicted octanol–water partition coefficient (Wildman–Crippen LogP) is 5.02. The van der Waals surface area contributed by atoms with E-state index < -0.39 is 0 Å². The van der Waals surface area contributed by atoms with Gasteiger partial charge in [-0.25, -0.2) is 4.39 Å². The Labute approximate surface area is 129 Å². The molecule has 0 amide bonds. The van der Waals surface area contributed by atoms with Gasteiger partial charge in [0, 0.05) is 6.04 Å². The first-order valence-corrected chi connectivity index (χ1v) is 8.49. The molecule has 0 unspecified atom stereocenters. The van der Waals surface area contributed by atoms with Crippen molar-refractivity contribution in [1.82, 2.24) is 5.32 Å². The molecule has 0 spiro atoms. The van der Waals surface area contributed by atoms with E-state index in [1.54, 1.807) is 6.07 Å². The molecule has 118 valence electrons. The molecule has 0 aromatic heterocycles. The molecular weight excluding hydrogens is 261 g/mol. The Bertz CT molecular complexity index is 447. The Morgan fingerprint density at radius 2 is 1.90 bits per heavy atom. The Kier molecular flexibility index (Phi) is 5.80. The van der Waals surface area contributed by atoms with Crippen molar-refractivity contribution >= 4 is 0 Å². The van der Waals surface area contributed by atoms with Gasteiger partial charge in [-0.3, -0.25) is 0 Å². The quantitative estimate of drug-likeness (QED) is 0.744. The third-order valence-corrected chi connectivity index (χ3v) is 5.04. The normalized spacial score (nSPS) is 17.6. The smallest absolute Gasteiger partial charge is 0.126 e. The number of rotatable bonds is 7. The van der Waals surface area contributed by atoms with Crippen LogP contribution in [0.5, 0.6) is 0 Å². The van der Waals surface area contributed by atoms with Crippen molar-refractivity contribution in [3.8, 4) is 0 Å². The topological polar surface area (TPSA) is 12.0 Å². The first-order valence-electron chi connectivity index (χ1n) is 8.49. The van der Waals surface area contributed by atoms with E-state index in [0.29, 0.717) is 11.5 Å². The summed E-state index contributed by atoms with van der Waals surface area (Å²) in [6.07, 6.45) is 9.11. The van der Waals surface area contributed by atoms with Crippen LogP contribution in [0, 0.1) is 18.2 Å². The second kappa shape index (κ2) is 7.40. The van der Waals surface area contributed by atoms with Crippen LogP contribution >= 0.6 is 0 Å². The van der Waals surface area contributed by atoms with E-state index in [4.69, 9.17) is 0 Å². The summed E-state index contributed by atoms with van der Waals surface area (Å²) in [6, 6.07) is 6.16. The zero-order chi connectivity index (χ0) is 15.3. The zero-order valence-electron chi connectivity index (χ0n) is 13.8. The van der Waals surface area contributed by atoms with E-state index in [1.165, 1.54) is 44.1 Å². The molecule has 1 saturated carbocycles. The van der Waals surface area contributed by atoms with E-state index in [9.17, 15) is 4.39 Å². The predicted molar refractivity (Wildman–Crippen MR) is 88.1 cm³/mol. The molecule has 0 aliphatic heterocycles. The van der Waals surface area contributed by atoms with Crippen molar-refractivity contribution in [3.63, 3.8) is 0 Å². The highest BCUT2D eigenvalue weighted by Gasteiger charge is 2.32. The number of halogens is 1.